The molecule has 230 valence electrons. The highest BCUT2D eigenvalue weighted by Crippen LogP contribution is 2.20. The van der Waals surface area contributed by atoms with Crippen LogP contribution in [0.1, 0.15) is 37.8 Å². The van der Waals surface area contributed by atoms with Gasteiger partial charge in [0.2, 0.25) is 23.6 Å². The molecule has 10 N–H and O–H groups in total. The minimum Gasteiger partial charge on any atom is -0.508 e. The number of carboxylic acids is 1. The molecule has 4 atom stereocenters. The number of aromatic hydroxyl groups is 1. The van der Waals surface area contributed by atoms with Crippen molar-refractivity contribution >= 4 is 40.5 Å². The maximum atomic E-state index is 13.7. The Hall–Kier alpha value is -4.91. The number of H-pyrrole nitrogens is 1. The molecular weight excluding hydrogens is 556 g/mol. The number of amides is 4. The molecule has 13 heteroatoms. The number of phenolic OH excluding ortho intramolecular Hbond substituents is 1. The van der Waals surface area contributed by atoms with Gasteiger partial charge in [0.1, 0.15) is 23.9 Å². The number of nitrogens with two attached hydrogens (primary N) is 2. The molecule has 0 spiro atoms. The Morgan fingerprint density at radius 1 is 0.860 bits per heavy atom. The predicted molar refractivity (Wildman–Crippen MR) is 158 cm³/mol. The summed E-state index contributed by atoms with van der Waals surface area (Å²) in [6.07, 6.45) is 1.48. The van der Waals surface area contributed by atoms with Crippen molar-refractivity contribution in [1.82, 2.24) is 20.9 Å². The predicted octanol–water partition coefficient (Wildman–Crippen LogP) is 0.447. The van der Waals surface area contributed by atoms with Crippen LogP contribution in [0.3, 0.4) is 0 Å². The molecule has 2 aromatic carbocycles. The number of phenols is 1. The fourth-order valence-electron chi connectivity index (χ4n) is 4.58. The summed E-state index contributed by atoms with van der Waals surface area (Å²) >= 11 is 0. The number of carboxylic acid groups (broad SMARTS) is 1. The van der Waals surface area contributed by atoms with Crippen LogP contribution >= 0.6 is 0 Å². The number of carbonyl (C=O) groups is 5. The molecule has 1 heterocycles. The van der Waals surface area contributed by atoms with Crippen molar-refractivity contribution in [2.45, 2.75) is 63.7 Å². The summed E-state index contributed by atoms with van der Waals surface area (Å²) in [5, 5.41) is 27.6. The maximum absolute atomic E-state index is 13.7. The van der Waals surface area contributed by atoms with E-state index < -0.39 is 59.7 Å². The molecule has 0 saturated heterocycles. The number of hydrogen-bond donors (Lipinski definition) is 8. The first-order valence-electron chi connectivity index (χ1n) is 13.9. The van der Waals surface area contributed by atoms with E-state index in [0.717, 1.165) is 16.5 Å². The normalized spacial score (nSPS) is 14.0. The van der Waals surface area contributed by atoms with Crippen molar-refractivity contribution in [3.8, 4) is 5.75 Å². The monoisotopic (exact) mass is 594 g/mol. The van der Waals surface area contributed by atoms with E-state index >= 15 is 0 Å². The van der Waals surface area contributed by atoms with Gasteiger partial charge in [-0.3, -0.25) is 19.2 Å². The molecule has 0 fully saturated rings. The molecule has 0 radical (unpaired) electrons. The number of aliphatic carboxylic acids is 1. The van der Waals surface area contributed by atoms with Crippen LogP contribution in [0.25, 0.3) is 10.9 Å². The number of fused-ring (bicyclic) bond motifs is 1. The molecule has 0 saturated carbocycles. The van der Waals surface area contributed by atoms with Crippen molar-refractivity contribution < 1.29 is 34.2 Å². The van der Waals surface area contributed by atoms with Gasteiger partial charge in [-0.05, 0) is 48.1 Å². The van der Waals surface area contributed by atoms with E-state index in [1.54, 1.807) is 32.2 Å². The van der Waals surface area contributed by atoms with E-state index in [0.29, 0.717) is 5.56 Å². The summed E-state index contributed by atoms with van der Waals surface area (Å²) in [6, 6.07) is 8.97. The van der Waals surface area contributed by atoms with Crippen LogP contribution in [-0.2, 0) is 36.8 Å². The van der Waals surface area contributed by atoms with Crippen LogP contribution in [0, 0.1) is 5.92 Å². The zero-order valence-electron chi connectivity index (χ0n) is 24.0. The number of hydrogen-bond acceptors (Lipinski definition) is 7. The number of primary amides is 1. The van der Waals surface area contributed by atoms with Crippen LogP contribution in [0.15, 0.2) is 54.7 Å². The summed E-state index contributed by atoms with van der Waals surface area (Å²) in [7, 11) is 0. The second-order valence-corrected chi connectivity index (χ2v) is 10.7. The molecule has 3 rings (SSSR count). The first-order valence-corrected chi connectivity index (χ1v) is 13.9. The Morgan fingerprint density at radius 2 is 1.51 bits per heavy atom. The Kier molecular flexibility index (Phi) is 11.2. The molecule has 4 unspecified atom stereocenters. The number of carbonyl (C=O) groups excluding carboxylic acids is 4. The molecule has 0 aliphatic rings. The molecular formula is C30H38N6O7. The number of rotatable bonds is 15. The van der Waals surface area contributed by atoms with Crippen molar-refractivity contribution in [3.05, 3.63) is 65.9 Å². The number of nitrogens with one attached hydrogen (secondary N) is 4. The first-order chi connectivity index (χ1) is 20.3. The van der Waals surface area contributed by atoms with E-state index in [9.17, 15) is 34.2 Å². The van der Waals surface area contributed by atoms with Gasteiger partial charge in [-0.15, -0.1) is 0 Å². The second-order valence-electron chi connectivity index (χ2n) is 10.7. The average Bonchev–Trinajstić information content (AvgIpc) is 3.36. The summed E-state index contributed by atoms with van der Waals surface area (Å²) in [4.78, 5) is 65.9. The Labute approximate surface area is 248 Å². The van der Waals surface area contributed by atoms with Crippen LogP contribution in [0.5, 0.6) is 5.75 Å². The third-order valence-electron chi connectivity index (χ3n) is 7.00. The fraction of sp³-hybridized carbons (Fsp3) is 0.367. The van der Waals surface area contributed by atoms with Crippen LogP contribution in [0.4, 0.5) is 0 Å². The highest BCUT2D eigenvalue weighted by Gasteiger charge is 2.32. The van der Waals surface area contributed by atoms with Gasteiger partial charge in [-0.1, -0.05) is 44.2 Å². The lowest BCUT2D eigenvalue weighted by molar-refractivity contribution is -0.143. The number of para-hydroxylation sites is 1. The van der Waals surface area contributed by atoms with Crippen molar-refractivity contribution in [2.24, 2.45) is 17.4 Å². The topological polar surface area (TPSA) is 230 Å². The number of aromatic nitrogens is 1. The fourth-order valence-corrected chi connectivity index (χ4v) is 4.58. The largest absolute Gasteiger partial charge is 0.508 e. The van der Waals surface area contributed by atoms with Gasteiger partial charge in [0.25, 0.3) is 0 Å². The van der Waals surface area contributed by atoms with Crippen molar-refractivity contribution in [3.63, 3.8) is 0 Å². The average molecular weight is 595 g/mol. The highest BCUT2D eigenvalue weighted by molar-refractivity contribution is 5.95. The summed E-state index contributed by atoms with van der Waals surface area (Å²) < 4.78 is 0. The quantitative estimate of drug-likeness (QED) is 0.123. The van der Waals surface area contributed by atoms with Gasteiger partial charge in [0.05, 0.1) is 6.04 Å². The van der Waals surface area contributed by atoms with Gasteiger partial charge < -0.3 is 42.6 Å². The van der Waals surface area contributed by atoms with Gasteiger partial charge in [0.15, 0.2) is 0 Å². The van der Waals surface area contributed by atoms with Gasteiger partial charge in [0, 0.05) is 29.9 Å². The zero-order chi connectivity index (χ0) is 31.7. The van der Waals surface area contributed by atoms with E-state index in [1.807, 2.05) is 24.3 Å². The smallest absolute Gasteiger partial charge is 0.326 e. The maximum Gasteiger partial charge on any atom is 0.326 e. The van der Waals surface area contributed by atoms with E-state index in [4.69, 9.17) is 11.5 Å². The minimum absolute atomic E-state index is 0.0658. The molecule has 13 nitrogen and oxygen atoms in total. The Morgan fingerprint density at radius 3 is 2.14 bits per heavy atom. The lowest BCUT2D eigenvalue weighted by atomic mass is 9.99. The second kappa shape index (κ2) is 14.8. The van der Waals surface area contributed by atoms with Crippen LogP contribution in [0.2, 0.25) is 0 Å². The molecule has 4 amide bonds. The van der Waals surface area contributed by atoms with Gasteiger partial charge >= 0.3 is 5.97 Å². The SMILES string of the molecule is CC(C)C(NC(=O)C(Cc1c[nH]c2ccccc12)NC(=O)C(N)Cc1ccc(O)cc1)C(=O)NC(CCC(N)=O)C(=O)O. The molecule has 1 aromatic heterocycles. The number of benzene rings is 2. The summed E-state index contributed by atoms with van der Waals surface area (Å²) in [5.74, 6) is -4.49. The molecule has 0 aliphatic heterocycles. The lowest BCUT2D eigenvalue weighted by Crippen LogP contribution is -2.59. The number of aromatic amines is 1. The lowest BCUT2D eigenvalue weighted by Gasteiger charge is -2.27. The first kappa shape index (κ1) is 32.6. The standard InChI is InChI=1S/C30H38N6O7/c1-16(2)26(29(41)34-23(30(42)43)11-12-25(32)38)36-28(40)24(14-18-15-33-22-6-4-3-5-20(18)22)35-27(39)21(31)13-17-7-9-19(37)10-8-17/h3-10,15-16,21,23-24,26,33,37H,11-14,31H2,1-2H3,(H2,32,38)(H,34,41)(H,35,39)(H,36,40)(H,42,43). The third-order valence-corrected chi connectivity index (χ3v) is 7.00. The summed E-state index contributed by atoms with van der Waals surface area (Å²) in [6.45, 7) is 3.34. The van der Waals surface area contributed by atoms with Gasteiger partial charge in [-0.25, -0.2) is 4.79 Å². The zero-order valence-corrected chi connectivity index (χ0v) is 24.0. The molecule has 3 aromatic rings. The van der Waals surface area contributed by atoms with Crippen LogP contribution < -0.4 is 27.4 Å². The Balaban J connectivity index is 1.81. The molecule has 43 heavy (non-hydrogen) atoms. The third kappa shape index (κ3) is 9.30. The van der Waals surface area contributed by atoms with Gasteiger partial charge in [-0.2, -0.15) is 0 Å². The van der Waals surface area contributed by atoms with Crippen molar-refractivity contribution in [2.75, 3.05) is 0 Å². The van der Waals surface area contributed by atoms with E-state index in [-0.39, 0.29) is 31.4 Å². The van der Waals surface area contributed by atoms with E-state index in [2.05, 4.69) is 20.9 Å². The Bertz CT molecular complexity index is 1450. The summed E-state index contributed by atoms with van der Waals surface area (Å²) in [5.41, 5.74) is 13.6. The van der Waals surface area contributed by atoms with E-state index in [1.165, 1.54) is 12.1 Å². The van der Waals surface area contributed by atoms with Crippen LogP contribution in [-0.4, -0.2) is 69.0 Å². The van der Waals surface area contributed by atoms with Crippen molar-refractivity contribution in [1.29, 1.82) is 0 Å². The molecule has 0 bridgehead atoms. The minimum atomic E-state index is -1.39. The highest BCUT2D eigenvalue weighted by atomic mass is 16.4. The molecule has 0 aliphatic carbocycles.